The molecule has 1 unspecified atom stereocenters. The Balaban J connectivity index is 2.48. The molecule has 1 aliphatic heterocycles. The van der Waals surface area contributed by atoms with Crippen LogP contribution in [0.4, 0.5) is 0 Å². The minimum absolute atomic E-state index is 0.133. The van der Waals surface area contributed by atoms with E-state index in [-0.39, 0.29) is 11.9 Å². The van der Waals surface area contributed by atoms with Crippen molar-refractivity contribution < 1.29 is 14.7 Å². The Bertz CT molecular complexity index is 387. The Labute approximate surface area is 81.8 Å². The average molecular weight is 193 g/mol. The van der Waals surface area contributed by atoms with Gasteiger partial charge in [-0.25, -0.2) is 0 Å². The smallest absolute Gasteiger partial charge is 0.142 e. The highest BCUT2D eigenvalue weighted by Gasteiger charge is 2.27. The van der Waals surface area contributed by atoms with Crippen LogP contribution in [0.3, 0.4) is 0 Å². The van der Waals surface area contributed by atoms with Crippen LogP contribution in [0, 0.1) is 0 Å². The molecule has 2 rings (SSSR count). The lowest BCUT2D eigenvalue weighted by Crippen LogP contribution is -2.16. The average Bonchev–Trinajstić information content (AvgIpc) is 2.43. The number of nitrogens with zero attached hydrogens (tertiary/aromatic N) is 1. The molecule has 0 aromatic heterocycles. The van der Waals surface area contributed by atoms with E-state index >= 15 is 0 Å². The number of phenolic OH excluding ortho intramolecular Hbond substituents is 1. The predicted octanol–water partition coefficient (Wildman–Crippen LogP) is 1.52. The molecule has 0 spiro atoms. The van der Waals surface area contributed by atoms with E-state index in [1.54, 1.807) is 18.2 Å². The maximum absolute atomic E-state index is 9.25. The minimum atomic E-state index is -0.133. The number of benzene rings is 1. The summed E-state index contributed by atoms with van der Waals surface area (Å²) in [5.74, 6) is 0.836. The number of fused-ring (bicyclic) bond motifs is 1. The fourth-order valence-corrected chi connectivity index (χ4v) is 1.51. The van der Waals surface area contributed by atoms with Crippen LogP contribution in [0.5, 0.6) is 11.5 Å². The van der Waals surface area contributed by atoms with Gasteiger partial charge in [0.05, 0.1) is 0 Å². The fraction of sp³-hybridized carbons (Fsp3) is 0.300. The van der Waals surface area contributed by atoms with Crippen LogP contribution in [-0.4, -0.2) is 24.0 Å². The van der Waals surface area contributed by atoms with E-state index in [0.717, 1.165) is 11.3 Å². The van der Waals surface area contributed by atoms with Gasteiger partial charge in [-0.1, -0.05) is 5.16 Å². The van der Waals surface area contributed by atoms with E-state index in [2.05, 4.69) is 5.16 Å². The molecule has 1 heterocycles. The van der Waals surface area contributed by atoms with Crippen LogP contribution in [0.1, 0.15) is 12.5 Å². The van der Waals surface area contributed by atoms with Crippen molar-refractivity contribution in [1.82, 2.24) is 0 Å². The van der Waals surface area contributed by atoms with Gasteiger partial charge in [0.2, 0.25) is 0 Å². The van der Waals surface area contributed by atoms with E-state index in [1.807, 2.05) is 6.92 Å². The molecule has 4 nitrogen and oxygen atoms in total. The van der Waals surface area contributed by atoms with Gasteiger partial charge in [0.15, 0.2) is 0 Å². The molecule has 0 saturated carbocycles. The lowest BCUT2D eigenvalue weighted by molar-refractivity contribution is 0.207. The van der Waals surface area contributed by atoms with E-state index in [0.29, 0.717) is 5.75 Å². The summed E-state index contributed by atoms with van der Waals surface area (Å²) in [6.45, 7) is 1.88. The summed E-state index contributed by atoms with van der Waals surface area (Å²) >= 11 is 0. The molecule has 1 aliphatic rings. The molecule has 1 aromatic rings. The maximum Gasteiger partial charge on any atom is 0.142 e. The van der Waals surface area contributed by atoms with Gasteiger partial charge in [0.25, 0.3) is 0 Å². The molecule has 0 saturated heterocycles. The van der Waals surface area contributed by atoms with Crippen molar-refractivity contribution >= 4 is 5.71 Å². The number of aromatic hydroxyl groups is 1. The van der Waals surface area contributed by atoms with Crippen LogP contribution < -0.4 is 4.74 Å². The first-order chi connectivity index (χ1) is 6.72. The molecule has 0 aliphatic carbocycles. The topological polar surface area (TPSA) is 51.0 Å². The van der Waals surface area contributed by atoms with Crippen LogP contribution >= 0.6 is 0 Å². The highest BCUT2D eigenvalue weighted by molar-refractivity contribution is 6.08. The molecule has 0 radical (unpaired) electrons. The standard InChI is InChI=1S/C10H11NO3/c1-6-10(11-13-2)8-4-3-7(12)5-9(8)14-6/h3-6,12H,1-2H3/b11-10+. The Morgan fingerprint density at radius 1 is 1.50 bits per heavy atom. The van der Waals surface area contributed by atoms with Crippen molar-refractivity contribution in [3.05, 3.63) is 23.8 Å². The molecule has 0 amide bonds. The van der Waals surface area contributed by atoms with Gasteiger partial charge in [-0.3, -0.25) is 0 Å². The first kappa shape index (κ1) is 8.87. The summed E-state index contributed by atoms with van der Waals surface area (Å²) in [4.78, 5) is 4.73. The largest absolute Gasteiger partial charge is 0.508 e. The van der Waals surface area contributed by atoms with Crippen molar-refractivity contribution in [2.24, 2.45) is 5.16 Å². The highest BCUT2D eigenvalue weighted by atomic mass is 16.6. The number of rotatable bonds is 1. The third-order valence-corrected chi connectivity index (χ3v) is 2.12. The van der Waals surface area contributed by atoms with Gasteiger partial charge in [-0.05, 0) is 19.1 Å². The summed E-state index contributed by atoms with van der Waals surface area (Å²) < 4.78 is 5.48. The van der Waals surface area contributed by atoms with Gasteiger partial charge in [-0.15, -0.1) is 0 Å². The zero-order valence-corrected chi connectivity index (χ0v) is 8.02. The van der Waals surface area contributed by atoms with Gasteiger partial charge < -0.3 is 14.7 Å². The quantitative estimate of drug-likeness (QED) is 0.688. The molecule has 4 heteroatoms. The minimum Gasteiger partial charge on any atom is -0.508 e. The number of oxime groups is 1. The summed E-state index contributed by atoms with van der Waals surface area (Å²) in [7, 11) is 1.50. The second kappa shape index (κ2) is 3.21. The van der Waals surface area contributed by atoms with Gasteiger partial charge in [-0.2, -0.15) is 0 Å². The molecule has 0 fully saturated rings. The van der Waals surface area contributed by atoms with E-state index in [1.165, 1.54) is 7.11 Å². The van der Waals surface area contributed by atoms with Crippen molar-refractivity contribution in [3.63, 3.8) is 0 Å². The summed E-state index contributed by atoms with van der Waals surface area (Å²) in [6.07, 6.45) is -0.133. The zero-order chi connectivity index (χ0) is 10.1. The Morgan fingerprint density at radius 2 is 2.29 bits per heavy atom. The third kappa shape index (κ3) is 1.28. The zero-order valence-electron chi connectivity index (χ0n) is 8.02. The fourth-order valence-electron chi connectivity index (χ4n) is 1.51. The number of hydrogen-bond donors (Lipinski definition) is 1. The lowest BCUT2D eigenvalue weighted by Gasteiger charge is -2.02. The van der Waals surface area contributed by atoms with Gasteiger partial charge in [0, 0.05) is 11.6 Å². The molecule has 1 aromatic carbocycles. The molecule has 1 N–H and O–H groups in total. The monoisotopic (exact) mass is 193 g/mol. The molecular weight excluding hydrogens is 182 g/mol. The number of ether oxygens (including phenoxy) is 1. The SMILES string of the molecule is CO/N=C1/c2ccc(O)cc2OC1C. The van der Waals surface area contributed by atoms with E-state index < -0.39 is 0 Å². The van der Waals surface area contributed by atoms with Crippen molar-refractivity contribution in [1.29, 1.82) is 0 Å². The first-order valence-corrected chi connectivity index (χ1v) is 4.33. The molecule has 14 heavy (non-hydrogen) atoms. The number of hydrogen-bond acceptors (Lipinski definition) is 4. The van der Waals surface area contributed by atoms with Crippen molar-refractivity contribution in [2.75, 3.05) is 7.11 Å². The molecule has 74 valence electrons. The van der Waals surface area contributed by atoms with Gasteiger partial charge >= 0.3 is 0 Å². The van der Waals surface area contributed by atoms with E-state index in [4.69, 9.17) is 9.57 Å². The summed E-state index contributed by atoms with van der Waals surface area (Å²) in [5, 5.41) is 13.1. The Hall–Kier alpha value is -1.71. The third-order valence-electron chi connectivity index (χ3n) is 2.12. The maximum atomic E-state index is 9.25. The van der Waals surface area contributed by atoms with Crippen molar-refractivity contribution in [2.45, 2.75) is 13.0 Å². The van der Waals surface area contributed by atoms with Crippen LogP contribution in [0.25, 0.3) is 0 Å². The summed E-state index contributed by atoms with van der Waals surface area (Å²) in [6, 6.07) is 4.95. The van der Waals surface area contributed by atoms with Crippen LogP contribution in [0.15, 0.2) is 23.4 Å². The molecule has 1 atom stereocenters. The first-order valence-electron chi connectivity index (χ1n) is 4.33. The summed E-state index contributed by atoms with van der Waals surface area (Å²) in [5.41, 5.74) is 1.62. The predicted molar refractivity (Wildman–Crippen MR) is 51.7 cm³/mol. The molecule has 0 bridgehead atoms. The van der Waals surface area contributed by atoms with E-state index in [9.17, 15) is 5.11 Å². The normalized spacial score (nSPS) is 21.9. The van der Waals surface area contributed by atoms with Crippen LogP contribution in [-0.2, 0) is 4.84 Å². The van der Waals surface area contributed by atoms with Crippen molar-refractivity contribution in [3.8, 4) is 11.5 Å². The highest BCUT2D eigenvalue weighted by Crippen LogP contribution is 2.32. The van der Waals surface area contributed by atoms with Crippen LogP contribution in [0.2, 0.25) is 0 Å². The Kier molecular flexibility index (Phi) is 2.04. The Morgan fingerprint density at radius 3 is 3.00 bits per heavy atom. The molecular formula is C10H11NO3. The number of phenols is 1. The van der Waals surface area contributed by atoms with Gasteiger partial charge in [0.1, 0.15) is 30.4 Å². The second-order valence-corrected chi connectivity index (χ2v) is 3.10. The lowest BCUT2D eigenvalue weighted by atomic mass is 10.1. The second-order valence-electron chi connectivity index (χ2n) is 3.10.